The number of nitrogens with one attached hydrogen (secondary N) is 2. The van der Waals surface area contributed by atoms with Crippen LogP contribution in [0.2, 0.25) is 0 Å². The van der Waals surface area contributed by atoms with Crippen molar-refractivity contribution in [3.8, 4) is 0 Å². The number of aryl methyl sites for hydroxylation is 2. The second-order valence-electron chi connectivity index (χ2n) is 8.53. The number of carbonyl (C=O) groups is 3. The van der Waals surface area contributed by atoms with Crippen LogP contribution < -0.4 is 10.6 Å². The molecule has 0 saturated carbocycles. The minimum absolute atomic E-state index is 0.205. The maximum absolute atomic E-state index is 11.9. The zero-order valence-electron chi connectivity index (χ0n) is 20.7. The molecule has 0 unspecified atom stereocenters. The number of hydrogen-bond donors (Lipinski definition) is 3. The average Bonchev–Trinajstić information content (AvgIpc) is 2.92. The summed E-state index contributed by atoms with van der Waals surface area (Å²) < 4.78 is 10.4. The van der Waals surface area contributed by atoms with Gasteiger partial charge in [0.25, 0.3) is 0 Å². The van der Waals surface area contributed by atoms with Gasteiger partial charge in [-0.3, -0.25) is 0 Å². The minimum atomic E-state index is -0.992. The van der Waals surface area contributed by atoms with Crippen molar-refractivity contribution in [1.82, 2.24) is 10.6 Å². The Kier molecular flexibility index (Phi) is 11.0. The van der Waals surface area contributed by atoms with Crippen molar-refractivity contribution in [2.24, 2.45) is 0 Å². The molecule has 194 valence electrons. The van der Waals surface area contributed by atoms with Crippen LogP contribution in [0.5, 0.6) is 0 Å². The monoisotopic (exact) mass is 504 g/mol. The highest BCUT2D eigenvalue weighted by atomic mass is 16.6. The van der Waals surface area contributed by atoms with Crippen LogP contribution in [0.4, 0.5) is 9.59 Å². The third kappa shape index (κ3) is 10.4. The molecule has 0 spiro atoms. The summed E-state index contributed by atoms with van der Waals surface area (Å²) in [5.41, 5.74) is 3.80. The number of hydrogen-bond acceptors (Lipinski definition) is 5. The van der Waals surface area contributed by atoms with Gasteiger partial charge in [0.2, 0.25) is 0 Å². The Morgan fingerprint density at radius 3 is 1.46 bits per heavy atom. The molecule has 8 heteroatoms. The van der Waals surface area contributed by atoms with Crippen LogP contribution in [0, 0.1) is 0 Å². The van der Waals surface area contributed by atoms with Gasteiger partial charge in [0.1, 0.15) is 13.2 Å². The van der Waals surface area contributed by atoms with Crippen molar-refractivity contribution in [1.29, 1.82) is 0 Å². The molecule has 0 atom stereocenters. The van der Waals surface area contributed by atoms with Gasteiger partial charge >= 0.3 is 18.2 Å². The third-order valence-electron chi connectivity index (χ3n) is 5.55. The molecular formula is C29H32N2O6. The number of amides is 2. The summed E-state index contributed by atoms with van der Waals surface area (Å²) in [5, 5.41) is 14.9. The number of benzene rings is 3. The SMILES string of the molecule is O=C(NCCCc1cc(CCCNC(=O)OCc2ccccc2)cc(C(=O)O)c1)OCc1ccccc1. The summed E-state index contributed by atoms with van der Waals surface area (Å²) in [6.07, 6.45) is 1.52. The fraction of sp³-hybridized carbons (Fsp3) is 0.276. The Labute approximate surface area is 216 Å². The highest BCUT2D eigenvalue weighted by molar-refractivity contribution is 5.88. The van der Waals surface area contributed by atoms with E-state index in [2.05, 4.69) is 10.6 Å². The Hall–Kier alpha value is -4.33. The van der Waals surface area contributed by atoms with Gasteiger partial charge in [-0.05, 0) is 60.1 Å². The number of alkyl carbamates (subject to hydrolysis) is 2. The first-order chi connectivity index (χ1) is 18.0. The van der Waals surface area contributed by atoms with Gasteiger partial charge in [-0.1, -0.05) is 66.7 Å². The molecule has 3 aromatic carbocycles. The van der Waals surface area contributed by atoms with Crippen molar-refractivity contribution in [3.63, 3.8) is 0 Å². The maximum atomic E-state index is 11.9. The van der Waals surface area contributed by atoms with Crippen LogP contribution in [0.1, 0.15) is 45.5 Å². The van der Waals surface area contributed by atoms with Gasteiger partial charge < -0.3 is 25.2 Å². The van der Waals surface area contributed by atoms with Gasteiger partial charge in [-0.2, -0.15) is 0 Å². The predicted molar refractivity (Wildman–Crippen MR) is 139 cm³/mol. The van der Waals surface area contributed by atoms with Crippen LogP contribution in [0.25, 0.3) is 0 Å². The van der Waals surface area contributed by atoms with Gasteiger partial charge in [-0.25, -0.2) is 14.4 Å². The highest BCUT2D eigenvalue weighted by Gasteiger charge is 2.09. The zero-order valence-corrected chi connectivity index (χ0v) is 20.7. The topological polar surface area (TPSA) is 114 Å². The normalized spacial score (nSPS) is 10.4. The van der Waals surface area contributed by atoms with Crippen LogP contribution >= 0.6 is 0 Å². The smallest absolute Gasteiger partial charge is 0.407 e. The third-order valence-corrected chi connectivity index (χ3v) is 5.55. The molecule has 0 aliphatic carbocycles. The minimum Gasteiger partial charge on any atom is -0.478 e. The molecular weight excluding hydrogens is 472 g/mol. The number of ether oxygens (including phenoxy) is 2. The molecule has 0 bridgehead atoms. The van der Waals surface area contributed by atoms with Crippen LogP contribution in [0.15, 0.2) is 78.9 Å². The number of carbonyl (C=O) groups excluding carboxylic acids is 2. The number of carboxylic acid groups (broad SMARTS) is 1. The molecule has 3 rings (SSSR count). The van der Waals surface area contributed by atoms with E-state index in [9.17, 15) is 19.5 Å². The summed E-state index contributed by atoms with van der Waals surface area (Å²) in [6.45, 7) is 1.23. The van der Waals surface area contributed by atoms with Crippen LogP contribution in [0.3, 0.4) is 0 Å². The summed E-state index contributed by atoms with van der Waals surface area (Å²) >= 11 is 0. The summed E-state index contributed by atoms with van der Waals surface area (Å²) in [7, 11) is 0. The van der Waals surface area contributed by atoms with Crippen molar-refractivity contribution in [3.05, 3.63) is 107 Å². The molecule has 0 fully saturated rings. The highest BCUT2D eigenvalue weighted by Crippen LogP contribution is 2.14. The van der Waals surface area contributed by atoms with Gasteiger partial charge in [0, 0.05) is 13.1 Å². The molecule has 3 aromatic rings. The molecule has 0 saturated heterocycles. The molecule has 0 aliphatic heterocycles. The first-order valence-electron chi connectivity index (χ1n) is 12.2. The Morgan fingerprint density at radius 2 is 1.05 bits per heavy atom. The summed E-state index contributed by atoms with van der Waals surface area (Å²) in [6, 6.07) is 24.1. The first-order valence-corrected chi connectivity index (χ1v) is 12.2. The van der Waals surface area contributed by atoms with E-state index in [0.29, 0.717) is 38.8 Å². The second-order valence-corrected chi connectivity index (χ2v) is 8.53. The molecule has 37 heavy (non-hydrogen) atoms. The Morgan fingerprint density at radius 1 is 0.622 bits per heavy atom. The molecule has 0 aromatic heterocycles. The van der Waals surface area contributed by atoms with E-state index in [4.69, 9.17) is 9.47 Å². The Balaban J connectivity index is 1.37. The molecule has 0 radical (unpaired) electrons. The van der Waals surface area contributed by atoms with E-state index in [1.54, 1.807) is 12.1 Å². The quantitative estimate of drug-likeness (QED) is 0.279. The number of carboxylic acids is 1. The van der Waals surface area contributed by atoms with Gasteiger partial charge in [-0.15, -0.1) is 0 Å². The largest absolute Gasteiger partial charge is 0.478 e. The van der Waals surface area contributed by atoms with Crippen molar-refractivity contribution >= 4 is 18.2 Å². The van der Waals surface area contributed by atoms with Crippen molar-refractivity contribution < 1.29 is 29.0 Å². The molecule has 0 heterocycles. The van der Waals surface area contributed by atoms with E-state index in [0.717, 1.165) is 22.3 Å². The zero-order chi connectivity index (χ0) is 26.3. The lowest BCUT2D eigenvalue weighted by molar-refractivity contribution is 0.0696. The fourth-order valence-corrected chi connectivity index (χ4v) is 3.69. The molecule has 2 amide bonds. The van der Waals surface area contributed by atoms with Crippen molar-refractivity contribution in [2.45, 2.75) is 38.9 Å². The van der Waals surface area contributed by atoms with Crippen LogP contribution in [-0.4, -0.2) is 36.4 Å². The lowest BCUT2D eigenvalue weighted by Gasteiger charge is -2.10. The molecule has 0 aliphatic rings. The van der Waals surface area contributed by atoms with Crippen LogP contribution in [-0.2, 0) is 35.5 Å². The molecule has 8 nitrogen and oxygen atoms in total. The van der Waals surface area contributed by atoms with E-state index in [-0.39, 0.29) is 18.8 Å². The van der Waals surface area contributed by atoms with Crippen molar-refractivity contribution in [2.75, 3.05) is 13.1 Å². The second kappa shape index (κ2) is 14.9. The Bertz CT molecular complexity index is 1070. The van der Waals surface area contributed by atoms with E-state index in [1.807, 2.05) is 66.7 Å². The number of rotatable bonds is 13. The predicted octanol–water partition coefficient (Wildman–Crippen LogP) is 5.10. The standard InChI is InChI=1S/C29H32N2O6/c32-27(33)26-18-24(13-7-15-30-28(34)36-20-22-9-3-1-4-10-22)17-25(19-26)14-8-16-31-29(35)37-21-23-11-5-2-6-12-23/h1-6,9-12,17-19H,7-8,13-16,20-21H2,(H,30,34)(H,31,35)(H,32,33). The van der Waals surface area contributed by atoms with Gasteiger partial charge in [0.15, 0.2) is 0 Å². The fourth-order valence-electron chi connectivity index (χ4n) is 3.69. The lowest BCUT2D eigenvalue weighted by Crippen LogP contribution is -2.25. The van der Waals surface area contributed by atoms with E-state index in [1.165, 1.54) is 0 Å². The number of aromatic carboxylic acids is 1. The lowest BCUT2D eigenvalue weighted by atomic mass is 9.99. The first kappa shape index (κ1) is 27.3. The summed E-state index contributed by atoms with van der Waals surface area (Å²) in [4.78, 5) is 35.3. The van der Waals surface area contributed by atoms with E-state index >= 15 is 0 Å². The average molecular weight is 505 g/mol. The molecule has 3 N–H and O–H groups in total. The van der Waals surface area contributed by atoms with E-state index < -0.39 is 18.2 Å². The van der Waals surface area contributed by atoms with Gasteiger partial charge in [0.05, 0.1) is 5.56 Å². The maximum Gasteiger partial charge on any atom is 0.407 e. The summed E-state index contributed by atoms with van der Waals surface area (Å²) in [5.74, 6) is -0.992.